The first-order chi connectivity index (χ1) is 19.7. The fourth-order valence-electron chi connectivity index (χ4n) is 4.71. The summed E-state index contributed by atoms with van der Waals surface area (Å²) < 4.78 is 15.2. The van der Waals surface area contributed by atoms with Crippen LogP contribution in [0.2, 0.25) is 0 Å². The van der Waals surface area contributed by atoms with Gasteiger partial charge >= 0.3 is 0 Å². The molecule has 1 atom stereocenters. The topological polar surface area (TPSA) is 86.4 Å². The monoisotopic (exact) mass is 556 g/mol. The van der Waals surface area contributed by atoms with E-state index in [4.69, 9.17) is 9.47 Å². The number of ether oxygens (including phenoxy) is 2. The van der Waals surface area contributed by atoms with Crippen molar-refractivity contribution < 1.29 is 14.3 Å². The van der Waals surface area contributed by atoms with Gasteiger partial charge in [-0.3, -0.25) is 14.2 Å². The summed E-state index contributed by atoms with van der Waals surface area (Å²) in [4.78, 5) is 15.5. The first-order valence-electron chi connectivity index (χ1n) is 14.2. The number of hydrogen-bond acceptors (Lipinski definition) is 6. The van der Waals surface area contributed by atoms with Crippen molar-refractivity contribution in [3.8, 4) is 28.0 Å². The van der Waals surface area contributed by atoms with Gasteiger partial charge < -0.3 is 19.7 Å². The molecule has 2 aromatic carbocycles. The maximum atomic E-state index is 13.5. The molecule has 1 amide bonds. The van der Waals surface area contributed by atoms with Gasteiger partial charge in [0.05, 0.1) is 37.7 Å². The quantitative estimate of drug-likeness (QED) is 0.270. The number of likely N-dealkylation sites (N-methyl/N-ethyl adjacent to an activating group) is 1. The van der Waals surface area contributed by atoms with E-state index in [1.807, 2.05) is 67.9 Å². The molecule has 1 saturated heterocycles. The molecule has 216 valence electrons. The average Bonchev–Trinajstić information content (AvgIpc) is 3.59. The molecule has 4 aromatic rings. The molecule has 3 heterocycles. The van der Waals surface area contributed by atoms with Gasteiger partial charge in [-0.2, -0.15) is 10.2 Å². The lowest BCUT2D eigenvalue weighted by molar-refractivity contribution is -0.0286. The fourth-order valence-corrected chi connectivity index (χ4v) is 4.71. The van der Waals surface area contributed by atoms with Crippen LogP contribution in [0.25, 0.3) is 22.3 Å². The van der Waals surface area contributed by atoms with E-state index in [0.717, 1.165) is 39.9 Å². The van der Waals surface area contributed by atoms with E-state index in [2.05, 4.69) is 64.9 Å². The fraction of sp³-hybridized carbons (Fsp3) is 0.406. The number of carbonyl (C=O) groups excluding carboxylic acids is 1. The number of nitrogens with zero attached hydrogens (tertiary/aromatic N) is 5. The predicted molar refractivity (Wildman–Crippen MR) is 160 cm³/mol. The molecule has 2 aromatic heterocycles. The number of nitrogens with one attached hydrogen (secondary N) is 1. The van der Waals surface area contributed by atoms with E-state index in [9.17, 15) is 4.79 Å². The Balaban J connectivity index is 1.42. The van der Waals surface area contributed by atoms with Gasteiger partial charge in [-0.25, -0.2) is 0 Å². The Morgan fingerprint density at radius 3 is 2.37 bits per heavy atom. The van der Waals surface area contributed by atoms with E-state index in [1.54, 1.807) is 0 Å². The standard InChI is InChI=1S/C32H40N6O3/c1-21(2)37-17-27(15-33-37)25-11-24(12-26(13-25)28-16-34-38(18-28)29-19-40-20-29)23(4)35-32(39)31-14-30(8-7-22(31)3)41-10-9-36(5)6/h7-8,11-18,21,23,29H,9-10,19-20H2,1-6H3,(H,35,39)/t23-/m1/s1. The molecule has 9 heteroatoms. The summed E-state index contributed by atoms with van der Waals surface area (Å²) in [6.07, 6.45) is 7.93. The van der Waals surface area contributed by atoms with Crippen LogP contribution in [-0.4, -0.2) is 70.8 Å². The molecule has 1 fully saturated rings. The van der Waals surface area contributed by atoms with Crippen LogP contribution >= 0.6 is 0 Å². The summed E-state index contributed by atoms with van der Waals surface area (Å²) in [6.45, 7) is 10.9. The molecular weight excluding hydrogens is 516 g/mol. The second-order valence-corrected chi connectivity index (χ2v) is 11.4. The molecule has 1 aliphatic rings. The van der Waals surface area contributed by atoms with Crippen LogP contribution in [0, 0.1) is 6.92 Å². The van der Waals surface area contributed by atoms with E-state index < -0.39 is 0 Å². The third kappa shape index (κ3) is 6.69. The zero-order valence-corrected chi connectivity index (χ0v) is 24.8. The molecule has 0 saturated carbocycles. The largest absolute Gasteiger partial charge is 0.492 e. The van der Waals surface area contributed by atoms with Gasteiger partial charge in [0.2, 0.25) is 0 Å². The normalized spacial score (nSPS) is 14.3. The van der Waals surface area contributed by atoms with Gasteiger partial charge in [0.15, 0.2) is 0 Å². The molecule has 41 heavy (non-hydrogen) atoms. The third-order valence-electron chi connectivity index (χ3n) is 7.46. The van der Waals surface area contributed by atoms with Gasteiger partial charge in [0.25, 0.3) is 5.91 Å². The van der Waals surface area contributed by atoms with Crippen LogP contribution in [0.5, 0.6) is 5.75 Å². The van der Waals surface area contributed by atoms with Gasteiger partial charge in [-0.15, -0.1) is 0 Å². The zero-order valence-electron chi connectivity index (χ0n) is 24.8. The minimum atomic E-state index is -0.242. The minimum Gasteiger partial charge on any atom is -0.492 e. The van der Waals surface area contributed by atoms with Crippen molar-refractivity contribution in [2.75, 3.05) is 40.5 Å². The van der Waals surface area contributed by atoms with Crippen molar-refractivity contribution in [3.63, 3.8) is 0 Å². The van der Waals surface area contributed by atoms with Crippen LogP contribution in [0.15, 0.2) is 61.2 Å². The first kappa shape index (κ1) is 28.6. The Kier molecular flexibility index (Phi) is 8.56. The number of aryl methyl sites for hydroxylation is 1. The van der Waals surface area contributed by atoms with Gasteiger partial charge in [0.1, 0.15) is 12.4 Å². The molecule has 0 spiro atoms. The van der Waals surface area contributed by atoms with Crippen molar-refractivity contribution >= 4 is 5.91 Å². The number of carbonyl (C=O) groups is 1. The number of rotatable bonds is 11. The number of amides is 1. The van der Waals surface area contributed by atoms with Crippen molar-refractivity contribution in [2.24, 2.45) is 0 Å². The summed E-state index contributed by atoms with van der Waals surface area (Å²) in [5.41, 5.74) is 6.63. The molecule has 0 unspecified atom stereocenters. The molecule has 9 nitrogen and oxygen atoms in total. The zero-order chi connectivity index (χ0) is 29.1. The molecule has 1 N–H and O–H groups in total. The molecule has 0 aliphatic carbocycles. The highest BCUT2D eigenvalue weighted by Gasteiger charge is 2.22. The number of benzene rings is 2. The van der Waals surface area contributed by atoms with E-state index in [1.165, 1.54) is 0 Å². The van der Waals surface area contributed by atoms with Gasteiger partial charge in [-0.05, 0) is 94.4 Å². The summed E-state index contributed by atoms with van der Waals surface area (Å²) in [5, 5.41) is 12.4. The Morgan fingerprint density at radius 1 is 1.02 bits per heavy atom. The average molecular weight is 557 g/mol. The van der Waals surface area contributed by atoms with Crippen molar-refractivity contribution in [2.45, 2.75) is 45.8 Å². The lowest BCUT2D eigenvalue weighted by atomic mass is 9.96. The lowest BCUT2D eigenvalue weighted by Crippen LogP contribution is -2.30. The third-order valence-corrected chi connectivity index (χ3v) is 7.46. The van der Waals surface area contributed by atoms with E-state index in [0.29, 0.717) is 31.1 Å². The highest BCUT2D eigenvalue weighted by atomic mass is 16.5. The first-order valence-corrected chi connectivity index (χ1v) is 14.2. The lowest BCUT2D eigenvalue weighted by Gasteiger charge is -2.25. The molecule has 0 bridgehead atoms. The SMILES string of the molecule is Cc1ccc(OCCN(C)C)cc1C(=O)N[C@H](C)c1cc(-c2cnn(C(C)C)c2)cc(-c2cnn(C3COC3)c2)c1. The maximum absolute atomic E-state index is 13.5. The molecule has 0 radical (unpaired) electrons. The molecule has 5 rings (SSSR count). The van der Waals surface area contributed by atoms with Gasteiger partial charge in [0, 0.05) is 41.7 Å². The molecular formula is C32H40N6O3. The van der Waals surface area contributed by atoms with Crippen LogP contribution in [-0.2, 0) is 4.74 Å². The van der Waals surface area contributed by atoms with Crippen LogP contribution in [0.4, 0.5) is 0 Å². The Bertz CT molecular complexity index is 1500. The Labute approximate surface area is 242 Å². The Hall–Kier alpha value is -3.95. The van der Waals surface area contributed by atoms with Crippen LogP contribution in [0.1, 0.15) is 60.4 Å². The Morgan fingerprint density at radius 2 is 1.73 bits per heavy atom. The maximum Gasteiger partial charge on any atom is 0.252 e. The number of hydrogen-bond donors (Lipinski definition) is 1. The summed E-state index contributed by atoms with van der Waals surface area (Å²) in [7, 11) is 4.01. The summed E-state index contributed by atoms with van der Waals surface area (Å²) in [6, 6.07) is 12.4. The minimum absolute atomic E-state index is 0.134. The van der Waals surface area contributed by atoms with Crippen LogP contribution in [0.3, 0.4) is 0 Å². The van der Waals surface area contributed by atoms with Gasteiger partial charge in [-0.1, -0.05) is 6.07 Å². The van der Waals surface area contributed by atoms with E-state index >= 15 is 0 Å². The summed E-state index contributed by atoms with van der Waals surface area (Å²) >= 11 is 0. The smallest absolute Gasteiger partial charge is 0.252 e. The highest BCUT2D eigenvalue weighted by molar-refractivity contribution is 5.96. The van der Waals surface area contributed by atoms with Crippen LogP contribution < -0.4 is 10.1 Å². The van der Waals surface area contributed by atoms with Crippen molar-refractivity contribution in [1.29, 1.82) is 0 Å². The van der Waals surface area contributed by atoms with Crippen molar-refractivity contribution in [1.82, 2.24) is 29.8 Å². The van der Waals surface area contributed by atoms with E-state index in [-0.39, 0.29) is 24.0 Å². The predicted octanol–water partition coefficient (Wildman–Crippen LogP) is 5.31. The highest BCUT2D eigenvalue weighted by Crippen LogP contribution is 2.32. The van der Waals surface area contributed by atoms with Crippen molar-refractivity contribution in [3.05, 3.63) is 77.9 Å². The summed E-state index contributed by atoms with van der Waals surface area (Å²) in [5.74, 6) is 0.556. The second-order valence-electron chi connectivity index (χ2n) is 11.4. The molecule has 1 aliphatic heterocycles. The second kappa shape index (κ2) is 12.3. The number of aromatic nitrogens is 4.